The molecule has 0 amide bonds. The molecule has 0 aromatic heterocycles. The van der Waals surface area contributed by atoms with E-state index in [2.05, 4.69) is 15.9 Å². The summed E-state index contributed by atoms with van der Waals surface area (Å²) in [4.78, 5) is 0. The summed E-state index contributed by atoms with van der Waals surface area (Å²) in [6.45, 7) is 4.01. The second kappa shape index (κ2) is 5.11. The molecular formula is C17H16BrFO2. The lowest BCUT2D eigenvalue weighted by molar-refractivity contribution is 0.131. The van der Waals surface area contributed by atoms with E-state index in [1.807, 2.05) is 26.0 Å². The van der Waals surface area contributed by atoms with Crippen LogP contribution in [-0.2, 0) is 6.42 Å². The van der Waals surface area contributed by atoms with Crippen LogP contribution < -0.4 is 4.74 Å². The molecule has 1 atom stereocenters. The molecule has 2 nitrogen and oxygen atoms in total. The predicted molar refractivity (Wildman–Crippen MR) is 83.0 cm³/mol. The minimum atomic E-state index is -1.05. The van der Waals surface area contributed by atoms with Crippen LogP contribution in [0.25, 0.3) is 0 Å². The summed E-state index contributed by atoms with van der Waals surface area (Å²) in [6.07, 6.45) is -0.268. The third-order valence-corrected chi connectivity index (χ3v) is 4.30. The van der Waals surface area contributed by atoms with Gasteiger partial charge in [-0.1, -0.05) is 30.3 Å². The Morgan fingerprint density at radius 1 is 1.19 bits per heavy atom. The number of rotatable bonds is 2. The van der Waals surface area contributed by atoms with Gasteiger partial charge in [0.25, 0.3) is 0 Å². The van der Waals surface area contributed by atoms with Crippen LogP contribution in [0.2, 0.25) is 0 Å². The molecule has 0 spiro atoms. The van der Waals surface area contributed by atoms with E-state index in [0.29, 0.717) is 15.8 Å². The van der Waals surface area contributed by atoms with Crippen molar-refractivity contribution in [1.82, 2.24) is 0 Å². The average molecular weight is 351 g/mol. The summed E-state index contributed by atoms with van der Waals surface area (Å²) in [6, 6.07) is 10.5. The lowest BCUT2D eigenvalue weighted by atomic mass is 9.96. The highest BCUT2D eigenvalue weighted by Crippen LogP contribution is 2.42. The van der Waals surface area contributed by atoms with E-state index < -0.39 is 11.9 Å². The monoisotopic (exact) mass is 350 g/mol. The number of aliphatic hydroxyl groups excluding tert-OH is 1. The largest absolute Gasteiger partial charge is 0.487 e. The number of hydrogen-bond donors (Lipinski definition) is 1. The van der Waals surface area contributed by atoms with Gasteiger partial charge in [-0.05, 0) is 41.4 Å². The number of para-hydroxylation sites is 1. The minimum absolute atomic E-state index is 0.242. The molecule has 1 aliphatic heterocycles. The number of hydrogen-bond acceptors (Lipinski definition) is 2. The zero-order valence-electron chi connectivity index (χ0n) is 11.9. The molecule has 4 heteroatoms. The van der Waals surface area contributed by atoms with Crippen molar-refractivity contribution in [3.63, 3.8) is 0 Å². The minimum Gasteiger partial charge on any atom is -0.487 e. The van der Waals surface area contributed by atoms with Gasteiger partial charge in [0.2, 0.25) is 0 Å². The third-order valence-electron chi connectivity index (χ3n) is 3.69. The number of fused-ring (bicyclic) bond motifs is 1. The summed E-state index contributed by atoms with van der Waals surface area (Å²) in [5.74, 6) is 0.231. The van der Waals surface area contributed by atoms with Crippen molar-refractivity contribution in [3.8, 4) is 5.75 Å². The van der Waals surface area contributed by atoms with E-state index in [4.69, 9.17) is 4.74 Å². The first-order chi connectivity index (χ1) is 9.89. The summed E-state index contributed by atoms with van der Waals surface area (Å²) >= 11 is 3.15. The summed E-state index contributed by atoms with van der Waals surface area (Å²) in [5.41, 5.74) is 1.60. The van der Waals surface area contributed by atoms with Gasteiger partial charge in [-0.15, -0.1) is 0 Å². The number of aliphatic hydroxyl groups is 1. The molecule has 21 heavy (non-hydrogen) atoms. The first-order valence-electron chi connectivity index (χ1n) is 6.82. The van der Waals surface area contributed by atoms with Crippen molar-refractivity contribution in [3.05, 3.63) is 63.4 Å². The maximum atomic E-state index is 14.2. The van der Waals surface area contributed by atoms with E-state index in [0.717, 1.165) is 12.0 Å². The van der Waals surface area contributed by atoms with Crippen LogP contribution in [0.4, 0.5) is 4.39 Å². The second-order valence-electron chi connectivity index (χ2n) is 5.92. The van der Waals surface area contributed by atoms with Gasteiger partial charge in [-0.2, -0.15) is 0 Å². The quantitative estimate of drug-likeness (QED) is 0.870. The summed E-state index contributed by atoms with van der Waals surface area (Å²) < 4.78 is 20.5. The smallest absolute Gasteiger partial charge is 0.143 e. The molecule has 0 aliphatic carbocycles. The van der Waals surface area contributed by atoms with Crippen molar-refractivity contribution >= 4 is 15.9 Å². The highest BCUT2D eigenvalue weighted by atomic mass is 79.9. The molecule has 2 aromatic rings. The Morgan fingerprint density at radius 3 is 2.62 bits per heavy atom. The first-order valence-corrected chi connectivity index (χ1v) is 7.61. The van der Waals surface area contributed by atoms with Crippen LogP contribution in [0.5, 0.6) is 5.75 Å². The lowest BCUT2D eigenvalue weighted by Gasteiger charge is -2.20. The Balaban J connectivity index is 2.07. The summed E-state index contributed by atoms with van der Waals surface area (Å²) in [5, 5.41) is 10.6. The molecule has 0 fully saturated rings. The van der Waals surface area contributed by atoms with Gasteiger partial charge in [0.15, 0.2) is 0 Å². The van der Waals surface area contributed by atoms with Crippen molar-refractivity contribution in [2.45, 2.75) is 32.0 Å². The molecule has 2 aromatic carbocycles. The van der Waals surface area contributed by atoms with Crippen LogP contribution in [-0.4, -0.2) is 10.7 Å². The van der Waals surface area contributed by atoms with Crippen molar-refractivity contribution < 1.29 is 14.2 Å². The molecule has 0 saturated carbocycles. The van der Waals surface area contributed by atoms with Crippen LogP contribution >= 0.6 is 15.9 Å². The maximum absolute atomic E-state index is 14.2. The molecule has 0 radical (unpaired) electrons. The third kappa shape index (κ3) is 2.58. The normalized spacial score (nSPS) is 17.2. The molecule has 1 aliphatic rings. The average Bonchev–Trinajstić information content (AvgIpc) is 2.74. The fourth-order valence-electron chi connectivity index (χ4n) is 2.75. The Kier molecular flexibility index (Phi) is 3.54. The van der Waals surface area contributed by atoms with Gasteiger partial charge >= 0.3 is 0 Å². The first kappa shape index (κ1) is 14.5. The van der Waals surface area contributed by atoms with Crippen LogP contribution in [0.15, 0.2) is 40.9 Å². The second-order valence-corrected chi connectivity index (χ2v) is 6.77. The standard InChI is InChI=1S/C17H16BrFO2/c1-17(2)9-10-5-3-7-12(16(10)21-17)15(20)11-6-4-8-13(18)14(11)19/h3-8,15,20H,9H2,1-2H3. The molecule has 1 unspecified atom stereocenters. The number of halogens is 2. The molecule has 3 rings (SSSR count). The Morgan fingerprint density at radius 2 is 1.86 bits per heavy atom. The van der Waals surface area contributed by atoms with Gasteiger partial charge < -0.3 is 9.84 Å². The van der Waals surface area contributed by atoms with Gasteiger partial charge in [0, 0.05) is 17.5 Å². The highest BCUT2D eigenvalue weighted by molar-refractivity contribution is 9.10. The van der Waals surface area contributed by atoms with Crippen molar-refractivity contribution in [1.29, 1.82) is 0 Å². The van der Waals surface area contributed by atoms with Crippen LogP contribution in [0.3, 0.4) is 0 Å². The predicted octanol–water partition coefficient (Wildman–Crippen LogP) is 4.38. The molecule has 0 saturated heterocycles. The van der Waals surface area contributed by atoms with E-state index in [9.17, 15) is 9.50 Å². The topological polar surface area (TPSA) is 29.5 Å². The Hall–Kier alpha value is -1.39. The van der Waals surface area contributed by atoms with Gasteiger partial charge in [0.05, 0.1) is 4.47 Å². The Labute approximate surface area is 131 Å². The molecule has 110 valence electrons. The van der Waals surface area contributed by atoms with E-state index in [1.165, 1.54) is 0 Å². The molecule has 0 bridgehead atoms. The fraction of sp³-hybridized carbons (Fsp3) is 0.294. The van der Waals surface area contributed by atoms with Gasteiger partial charge in [0.1, 0.15) is 23.3 Å². The van der Waals surface area contributed by atoms with Crippen LogP contribution in [0, 0.1) is 5.82 Å². The molecule has 1 heterocycles. The zero-order chi connectivity index (χ0) is 15.2. The maximum Gasteiger partial charge on any atom is 0.143 e. The van der Waals surface area contributed by atoms with Crippen LogP contribution in [0.1, 0.15) is 36.6 Å². The van der Waals surface area contributed by atoms with E-state index in [1.54, 1.807) is 24.3 Å². The molecule has 1 N–H and O–H groups in total. The number of benzene rings is 2. The lowest BCUT2D eigenvalue weighted by Crippen LogP contribution is -2.25. The van der Waals surface area contributed by atoms with E-state index >= 15 is 0 Å². The van der Waals surface area contributed by atoms with Crippen molar-refractivity contribution in [2.75, 3.05) is 0 Å². The van der Waals surface area contributed by atoms with Gasteiger partial charge in [-0.3, -0.25) is 0 Å². The van der Waals surface area contributed by atoms with Gasteiger partial charge in [-0.25, -0.2) is 4.39 Å². The summed E-state index contributed by atoms with van der Waals surface area (Å²) in [7, 11) is 0. The van der Waals surface area contributed by atoms with E-state index in [-0.39, 0.29) is 11.2 Å². The fourth-order valence-corrected chi connectivity index (χ4v) is 3.14. The highest BCUT2D eigenvalue weighted by Gasteiger charge is 2.33. The Bertz CT molecular complexity index is 697. The zero-order valence-corrected chi connectivity index (χ0v) is 13.4. The SMILES string of the molecule is CC1(C)Cc2cccc(C(O)c3cccc(Br)c3F)c2O1. The number of ether oxygens (including phenoxy) is 1. The van der Waals surface area contributed by atoms with Crippen molar-refractivity contribution in [2.24, 2.45) is 0 Å². The molecular weight excluding hydrogens is 335 g/mol.